The number of carbonyl (C=O) groups is 1. The van der Waals surface area contributed by atoms with Gasteiger partial charge in [0.2, 0.25) is 5.91 Å². The molecule has 474 valence electrons. The molecule has 1 saturated heterocycles. The quantitative estimate of drug-likeness (QED) is 0.0261. The third kappa shape index (κ3) is 49.0. The highest BCUT2D eigenvalue weighted by atomic mass is 16.7. The molecule has 0 saturated carbocycles. The highest BCUT2D eigenvalue weighted by molar-refractivity contribution is 5.76. The van der Waals surface area contributed by atoms with Gasteiger partial charge in [0.15, 0.2) is 6.29 Å². The fourth-order valence-corrected chi connectivity index (χ4v) is 11.7. The second kappa shape index (κ2) is 60.8. The molecular formula is C71H137NO8. The van der Waals surface area contributed by atoms with Crippen LogP contribution in [-0.2, 0) is 14.3 Å². The Labute approximate surface area is 496 Å². The largest absolute Gasteiger partial charge is 0.394 e. The van der Waals surface area contributed by atoms with Gasteiger partial charge in [-0.3, -0.25) is 4.79 Å². The molecule has 1 fully saturated rings. The van der Waals surface area contributed by atoms with Crippen molar-refractivity contribution in [1.82, 2.24) is 5.32 Å². The lowest BCUT2D eigenvalue weighted by Crippen LogP contribution is -2.60. The molecule has 0 aliphatic carbocycles. The van der Waals surface area contributed by atoms with Gasteiger partial charge in [-0.15, -0.1) is 0 Å². The third-order valence-corrected chi connectivity index (χ3v) is 17.3. The topological polar surface area (TPSA) is 149 Å². The van der Waals surface area contributed by atoms with Crippen molar-refractivity contribution in [2.24, 2.45) is 0 Å². The van der Waals surface area contributed by atoms with Gasteiger partial charge < -0.3 is 40.3 Å². The average Bonchev–Trinajstić information content (AvgIpc) is 3.46. The lowest BCUT2D eigenvalue weighted by atomic mass is 9.99. The summed E-state index contributed by atoms with van der Waals surface area (Å²) in [6.07, 6.45) is 72.5. The average molecular weight is 1130 g/mol. The van der Waals surface area contributed by atoms with E-state index in [1.165, 1.54) is 295 Å². The molecule has 9 nitrogen and oxygen atoms in total. The molecule has 0 spiro atoms. The summed E-state index contributed by atoms with van der Waals surface area (Å²) in [6, 6.07) is -0.719. The normalized spacial score (nSPS) is 18.5. The Hall–Kier alpha value is -1.33. The van der Waals surface area contributed by atoms with Crippen molar-refractivity contribution in [1.29, 1.82) is 0 Å². The fraction of sp³-hybridized carbons (Fsp3) is 0.930. The van der Waals surface area contributed by atoms with Gasteiger partial charge in [0.25, 0.3) is 0 Å². The van der Waals surface area contributed by atoms with Crippen LogP contribution in [0.1, 0.15) is 367 Å². The van der Waals surface area contributed by atoms with Crippen LogP contribution in [0.5, 0.6) is 0 Å². The molecule has 0 radical (unpaired) electrons. The molecule has 0 aromatic rings. The van der Waals surface area contributed by atoms with Crippen LogP contribution in [0.2, 0.25) is 0 Å². The molecule has 9 heteroatoms. The standard InChI is InChI=1S/C71H137NO8/c1-3-5-7-9-11-13-15-17-19-21-23-25-27-29-31-33-35-37-39-41-43-45-47-49-51-53-55-57-59-61-67(75)72-64(63-79-71-70(78)69(77)68(76)66(62-73)80-71)65(74)60-58-56-54-52-50-48-46-44-42-40-38-36-34-32-30-28-26-24-22-20-18-16-14-12-10-8-6-4-2/h15,17,21,23,64-66,68-71,73-74,76-78H,3-14,16,18-20,22,24-63H2,1-2H3,(H,72,75)/b17-15-,23-21-. The van der Waals surface area contributed by atoms with Gasteiger partial charge in [-0.2, -0.15) is 0 Å². The summed E-state index contributed by atoms with van der Waals surface area (Å²) >= 11 is 0. The molecule has 0 bridgehead atoms. The van der Waals surface area contributed by atoms with E-state index >= 15 is 0 Å². The Morgan fingerprint density at radius 2 is 0.738 bits per heavy atom. The summed E-state index contributed by atoms with van der Waals surface area (Å²) in [4.78, 5) is 13.2. The van der Waals surface area contributed by atoms with Crippen LogP contribution in [-0.4, -0.2) is 87.5 Å². The minimum absolute atomic E-state index is 0.133. The van der Waals surface area contributed by atoms with Crippen molar-refractivity contribution in [3.05, 3.63) is 24.3 Å². The van der Waals surface area contributed by atoms with E-state index in [0.29, 0.717) is 12.8 Å². The summed E-state index contributed by atoms with van der Waals surface area (Å²) in [5.41, 5.74) is 0. The summed E-state index contributed by atoms with van der Waals surface area (Å²) in [7, 11) is 0. The van der Waals surface area contributed by atoms with Crippen molar-refractivity contribution in [2.45, 2.75) is 410 Å². The zero-order valence-corrected chi connectivity index (χ0v) is 53.1. The van der Waals surface area contributed by atoms with E-state index in [4.69, 9.17) is 9.47 Å². The molecule has 7 atom stereocenters. The summed E-state index contributed by atoms with van der Waals surface area (Å²) in [5, 5.41) is 55.0. The number of hydrogen-bond donors (Lipinski definition) is 6. The van der Waals surface area contributed by atoms with E-state index in [9.17, 15) is 30.3 Å². The van der Waals surface area contributed by atoms with Crippen LogP contribution >= 0.6 is 0 Å². The van der Waals surface area contributed by atoms with Crippen LogP contribution in [0.25, 0.3) is 0 Å². The van der Waals surface area contributed by atoms with Crippen molar-refractivity contribution >= 4 is 5.91 Å². The lowest BCUT2D eigenvalue weighted by molar-refractivity contribution is -0.302. The number of carbonyl (C=O) groups excluding carboxylic acids is 1. The van der Waals surface area contributed by atoms with Gasteiger partial charge in [0.1, 0.15) is 24.4 Å². The van der Waals surface area contributed by atoms with Crippen LogP contribution in [0.15, 0.2) is 24.3 Å². The summed E-state index contributed by atoms with van der Waals surface area (Å²) in [6.45, 7) is 3.89. The van der Waals surface area contributed by atoms with Gasteiger partial charge in [-0.05, 0) is 44.9 Å². The minimum atomic E-state index is -1.55. The highest BCUT2D eigenvalue weighted by Crippen LogP contribution is 2.24. The SMILES string of the molecule is CCCCCCC/C=C\C/C=C\CCCCCCCCCCCCCCCCCCCC(=O)NC(COC1OC(CO)C(O)C(O)C1O)C(O)CCCCCCCCCCCCCCCCCCCCCCCCCCCCCC. The first-order valence-electron chi connectivity index (χ1n) is 35.5. The van der Waals surface area contributed by atoms with Gasteiger partial charge >= 0.3 is 0 Å². The Balaban J connectivity index is 2.10. The molecule has 80 heavy (non-hydrogen) atoms. The maximum Gasteiger partial charge on any atom is 0.220 e. The Bertz CT molecular complexity index is 1310. The van der Waals surface area contributed by atoms with Gasteiger partial charge in [0.05, 0.1) is 25.4 Å². The number of rotatable bonds is 63. The zero-order valence-electron chi connectivity index (χ0n) is 53.1. The number of allylic oxidation sites excluding steroid dienone is 4. The molecule has 1 aliphatic heterocycles. The van der Waals surface area contributed by atoms with Crippen LogP contribution < -0.4 is 5.32 Å². The van der Waals surface area contributed by atoms with Crippen molar-refractivity contribution in [2.75, 3.05) is 13.2 Å². The van der Waals surface area contributed by atoms with E-state index in [1.807, 2.05) is 0 Å². The predicted molar refractivity (Wildman–Crippen MR) is 341 cm³/mol. The van der Waals surface area contributed by atoms with Crippen LogP contribution in [0.4, 0.5) is 0 Å². The fourth-order valence-electron chi connectivity index (χ4n) is 11.7. The first-order chi connectivity index (χ1) is 39.3. The molecule has 1 amide bonds. The van der Waals surface area contributed by atoms with Gasteiger partial charge in [-0.25, -0.2) is 0 Å². The first-order valence-corrected chi connectivity index (χ1v) is 35.5. The smallest absolute Gasteiger partial charge is 0.220 e. The van der Waals surface area contributed by atoms with E-state index in [2.05, 4.69) is 43.5 Å². The van der Waals surface area contributed by atoms with Crippen LogP contribution in [0.3, 0.4) is 0 Å². The molecule has 7 unspecified atom stereocenters. The lowest BCUT2D eigenvalue weighted by Gasteiger charge is -2.40. The van der Waals surface area contributed by atoms with Crippen molar-refractivity contribution in [3.8, 4) is 0 Å². The number of nitrogens with one attached hydrogen (secondary N) is 1. The Morgan fingerprint density at radius 1 is 0.425 bits per heavy atom. The summed E-state index contributed by atoms with van der Waals surface area (Å²) in [5.74, 6) is -0.136. The van der Waals surface area contributed by atoms with E-state index < -0.39 is 49.5 Å². The molecule has 0 aromatic heterocycles. The molecule has 1 aliphatic rings. The Morgan fingerprint density at radius 3 is 1.07 bits per heavy atom. The van der Waals surface area contributed by atoms with Gasteiger partial charge in [-0.1, -0.05) is 340 Å². The van der Waals surface area contributed by atoms with Crippen molar-refractivity contribution < 1.29 is 39.8 Å². The van der Waals surface area contributed by atoms with Gasteiger partial charge in [0, 0.05) is 6.42 Å². The number of aliphatic hydroxyl groups excluding tert-OH is 5. The van der Waals surface area contributed by atoms with Crippen LogP contribution in [0, 0.1) is 0 Å². The monoisotopic (exact) mass is 1130 g/mol. The third-order valence-electron chi connectivity index (χ3n) is 17.3. The molecule has 1 heterocycles. The zero-order chi connectivity index (χ0) is 57.9. The second-order valence-corrected chi connectivity index (χ2v) is 25.0. The highest BCUT2D eigenvalue weighted by Gasteiger charge is 2.44. The van der Waals surface area contributed by atoms with Crippen molar-refractivity contribution in [3.63, 3.8) is 0 Å². The minimum Gasteiger partial charge on any atom is -0.394 e. The van der Waals surface area contributed by atoms with E-state index in [1.54, 1.807) is 0 Å². The maximum absolute atomic E-state index is 13.2. The number of aliphatic hydroxyl groups is 5. The number of ether oxygens (including phenoxy) is 2. The second-order valence-electron chi connectivity index (χ2n) is 25.0. The molecule has 6 N–H and O–H groups in total. The number of hydrogen-bond acceptors (Lipinski definition) is 8. The summed E-state index contributed by atoms with van der Waals surface area (Å²) < 4.78 is 11.4. The number of amides is 1. The predicted octanol–water partition coefficient (Wildman–Crippen LogP) is 19.3. The molecule has 0 aromatic carbocycles. The molecular weight excluding hydrogens is 995 g/mol. The van der Waals surface area contributed by atoms with E-state index in [0.717, 1.165) is 44.9 Å². The molecule has 1 rings (SSSR count). The number of unbranched alkanes of at least 4 members (excludes halogenated alkanes) is 49. The first kappa shape index (κ1) is 76.7. The van der Waals surface area contributed by atoms with E-state index in [-0.39, 0.29) is 12.5 Å². The maximum atomic E-state index is 13.2. The Kier molecular flexibility index (Phi) is 58.3.